The van der Waals surface area contributed by atoms with Crippen LogP contribution >= 0.6 is 27.3 Å². The number of amides is 1. The van der Waals surface area contributed by atoms with Crippen molar-refractivity contribution in [2.24, 2.45) is 0 Å². The first kappa shape index (κ1) is 17.8. The third kappa shape index (κ3) is 3.75. The minimum atomic E-state index is -0.107. The zero-order chi connectivity index (χ0) is 18.8. The van der Waals surface area contributed by atoms with E-state index in [1.54, 1.807) is 0 Å². The van der Waals surface area contributed by atoms with Gasteiger partial charge in [0, 0.05) is 33.5 Å². The van der Waals surface area contributed by atoms with Crippen molar-refractivity contribution < 1.29 is 4.79 Å². The van der Waals surface area contributed by atoms with Crippen LogP contribution in [0.1, 0.15) is 15.2 Å². The molecule has 0 saturated carbocycles. The fourth-order valence-electron chi connectivity index (χ4n) is 2.91. The van der Waals surface area contributed by atoms with Crippen LogP contribution in [0.2, 0.25) is 0 Å². The first-order chi connectivity index (χ1) is 13.1. The summed E-state index contributed by atoms with van der Waals surface area (Å²) >= 11 is 4.88. The maximum atomic E-state index is 13.0. The third-order valence-electron chi connectivity index (χ3n) is 4.30. The number of hydrogen-bond donors (Lipinski definition) is 1. The van der Waals surface area contributed by atoms with Crippen LogP contribution in [-0.2, 0) is 0 Å². The Morgan fingerprint density at radius 2 is 1.67 bits per heavy atom. The molecule has 0 aliphatic rings. The highest BCUT2D eigenvalue weighted by Gasteiger charge is 2.20. The van der Waals surface area contributed by atoms with E-state index in [9.17, 15) is 4.79 Å². The van der Waals surface area contributed by atoms with Crippen LogP contribution in [0.25, 0.3) is 16.8 Å². The maximum absolute atomic E-state index is 13.0. The molecule has 4 rings (SSSR count). The van der Waals surface area contributed by atoms with Crippen LogP contribution in [0.3, 0.4) is 0 Å². The Hall–Kier alpha value is -2.63. The fraction of sp³-hybridized carbons (Fsp3) is 0.0455. The van der Waals surface area contributed by atoms with Crippen molar-refractivity contribution in [2.75, 3.05) is 5.32 Å². The Labute approximate surface area is 170 Å². The number of nitrogens with zero attached hydrogens (tertiary/aromatic N) is 1. The van der Waals surface area contributed by atoms with Gasteiger partial charge in [-0.2, -0.15) is 0 Å². The van der Waals surface area contributed by atoms with Gasteiger partial charge in [-0.25, -0.2) is 0 Å². The van der Waals surface area contributed by atoms with E-state index in [1.807, 2.05) is 53.4 Å². The average molecular weight is 437 g/mol. The van der Waals surface area contributed by atoms with E-state index in [4.69, 9.17) is 0 Å². The number of hydrogen-bond acceptors (Lipinski definition) is 2. The molecule has 0 bridgehead atoms. The number of benzene rings is 2. The lowest BCUT2D eigenvalue weighted by atomic mass is 10.0. The smallest absolute Gasteiger partial charge is 0.267 e. The normalized spacial score (nSPS) is 10.7. The first-order valence-electron chi connectivity index (χ1n) is 8.50. The molecule has 4 aromatic rings. The van der Waals surface area contributed by atoms with Crippen molar-refractivity contribution >= 4 is 38.9 Å². The third-order valence-corrected chi connectivity index (χ3v) is 5.80. The summed E-state index contributed by atoms with van der Waals surface area (Å²) in [7, 11) is 0. The Balaban J connectivity index is 1.75. The molecule has 2 aromatic carbocycles. The Morgan fingerprint density at radius 3 is 2.33 bits per heavy atom. The molecule has 2 aromatic heterocycles. The summed E-state index contributed by atoms with van der Waals surface area (Å²) in [6.45, 7) is 2.07. The van der Waals surface area contributed by atoms with Crippen molar-refractivity contribution in [3.63, 3.8) is 0 Å². The molecule has 0 fully saturated rings. The van der Waals surface area contributed by atoms with E-state index < -0.39 is 0 Å². The lowest BCUT2D eigenvalue weighted by Gasteiger charge is -2.10. The number of rotatable bonds is 4. The number of thiophene rings is 1. The van der Waals surface area contributed by atoms with Crippen molar-refractivity contribution in [1.29, 1.82) is 0 Å². The second-order valence-electron chi connectivity index (χ2n) is 6.24. The zero-order valence-electron chi connectivity index (χ0n) is 14.6. The second-order valence-corrected chi connectivity index (χ2v) is 8.04. The van der Waals surface area contributed by atoms with Gasteiger partial charge in [0.05, 0.1) is 5.69 Å². The predicted molar refractivity (Wildman–Crippen MR) is 116 cm³/mol. The van der Waals surface area contributed by atoms with Gasteiger partial charge in [-0.05, 0) is 48.9 Å². The van der Waals surface area contributed by atoms with Crippen molar-refractivity contribution in [3.8, 4) is 16.8 Å². The highest BCUT2D eigenvalue weighted by molar-refractivity contribution is 9.10. The minimum Gasteiger partial charge on any atom is -0.322 e. The minimum absolute atomic E-state index is 0.107. The largest absolute Gasteiger partial charge is 0.322 e. The Kier molecular flexibility index (Phi) is 4.97. The fourth-order valence-corrected chi connectivity index (χ4v) is 4.14. The Bertz CT molecular complexity index is 1060. The van der Waals surface area contributed by atoms with Crippen LogP contribution < -0.4 is 5.32 Å². The van der Waals surface area contributed by atoms with E-state index >= 15 is 0 Å². The molecule has 134 valence electrons. The van der Waals surface area contributed by atoms with Gasteiger partial charge in [0.25, 0.3) is 5.91 Å². The van der Waals surface area contributed by atoms with Gasteiger partial charge in [0.2, 0.25) is 0 Å². The van der Waals surface area contributed by atoms with Crippen LogP contribution in [0.5, 0.6) is 0 Å². The van der Waals surface area contributed by atoms with Gasteiger partial charge >= 0.3 is 0 Å². The molecule has 3 nitrogen and oxygen atoms in total. The maximum Gasteiger partial charge on any atom is 0.267 e. The zero-order valence-corrected chi connectivity index (χ0v) is 17.0. The monoisotopic (exact) mass is 436 g/mol. The van der Waals surface area contributed by atoms with Crippen LogP contribution in [0, 0.1) is 6.92 Å². The van der Waals surface area contributed by atoms with Crippen molar-refractivity contribution in [2.45, 2.75) is 6.92 Å². The lowest BCUT2D eigenvalue weighted by molar-refractivity contribution is 0.103. The summed E-state index contributed by atoms with van der Waals surface area (Å²) in [6.07, 6.45) is 3.94. The van der Waals surface area contributed by atoms with Gasteiger partial charge in [0.1, 0.15) is 4.88 Å². The van der Waals surface area contributed by atoms with Crippen molar-refractivity contribution in [3.05, 3.63) is 93.4 Å². The molecule has 5 heteroatoms. The van der Waals surface area contributed by atoms with Gasteiger partial charge < -0.3 is 9.88 Å². The summed E-state index contributed by atoms with van der Waals surface area (Å²) in [5, 5.41) is 5.05. The second kappa shape index (κ2) is 7.55. The highest BCUT2D eigenvalue weighted by Crippen LogP contribution is 2.35. The number of aryl methyl sites for hydroxylation is 1. The predicted octanol–water partition coefficient (Wildman–Crippen LogP) is 6.53. The average Bonchev–Trinajstić information content (AvgIpc) is 3.33. The van der Waals surface area contributed by atoms with Gasteiger partial charge in [-0.3, -0.25) is 4.79 Å². The van der Waals surface area contributed by atoms with Gasteiger partial charge in [-0.15, -0.1) is 11.3 Å². The number of carbonyl (C=O) groups excluding carboxylic acids is 1. The van der Waals surface area contributed by atoms with Crippen LogP contribution in [0.15, 0.2) is 82.9 Å². The molecule has 0 unspecified atom stereocenters. The van der Waals surface area contributed by atoms with E-state index in [-0.39, 0.29) is 5.91 Å². The molecule has 1 amide bonds. The number of nitrogens with one attached hydrogen (secondary N) is 1. The quantitative estimate of drug-likeness (QED) is 0.387. The number of aromatic nitrogens is 1. The highest BCUT2D eigenvalue weighted by atomic mass is 79.9. The number of carbonyl (C=O) groups is 1. The van der Waals surface area contributed by atoms with E-state index in [1.165, 1.54) is 16.9 Å². The van der Waals surface area contributed by atoms with E-state index in [0.29, 0.717) is 4.88 Å². The lowest BCUT2D eigenvalue weighted by Crippen LogP contribution is -2.12. The summed E-state index contributed by atoms with van der Waals surface area (Å²) in [6, 6.07) is 19.9. The topological polar surface area (TPSA) is 34.0 Å². The molecular weight excluding hydrogens is 420 g/mol. The van der Waals surface area contributed by atoms with E-state index in [2.05, 4.69) is 57.8 Å². The molecule has 1 N–H and O–H groups in total. The molecule has 0 spiro atoms. The SMILES string of the molecule is Cc1ccc(-c2csc(C(=O)Nc3ccc(Br)cc3)c2-n2cccc2)cc1. The molecule has 0 aliphatic carbocycles. The van der Waals surface area contributed by atoms with Gasteiger partial charge in [0.15, 0.2) is 0 Å². The molecule has 0 radical (unpaired) electrons. The van der Waals surface area contributed by atoms with Crippen molar-refractivity contribution in [1.82, 2.24) is 4.57 Å². The summed E-state index contributed by atoms with van der Waals surface area (Å²) in [4.78, 5) is 13.7. The summed E-state index contributed by atoms with van der Waals surface area (Å²) in [5.74, 6) is -0.107. The molecule has 2 heterocycles. The van der Waals surface area contributed by atoms with Crippen LogP contribution in [0.4, 0.5) is 5.69 Å². The molecule has 0 aliphatic heterocycles. The standard InChI is InChI=1S/C22H17BrN2OS/c1-15-4-6-16(7-5-15)19-14-27-21(20(19)25-12-2-3-13-25)22(26)24-18-10-8-17(23)9-11-18/h2-14H,1H3,(H,24,26). The van der Waals surface area contributed by atoms with Gasteiger partial charge in [-0.1, -0.05) is 45.8 Å². The molecule has 0 atom stereocenters. The summed E-state index contributed by atoms with van der Waals surface area (Å²) in [5.41, 5.74) is 5.04. The Morgan fingerprint density at radius 1 is 1.00 bits per heavy atom. The molecule has 0 saturated heterocycles. The summed E-state index contributed by atoms with van der Waals surface area (Å²) < 4.78 is 2.98. The molecular formula is C22H17BrN2OS. The van der Waals surface area contributed by atoms with Crippen LogP contribution in [-0.4, -0.2) is 10.5 Å². The number of halogens is 1. The first-order valence-corrected chi connectivity index (χ1v) is 10.2. The number of anilines is 1. The molecule has 27 heavy (non-hydrogen) atoms. The van der Waals surface area contributed by atoms with E-state index in [0.717, 1.165) is 27.0 Å².